The number of hydrogen-bond donors (Lipinski definition) is 2. The Kier molecular flexibility index (Phi) is 2.62. The molecule has 3 nitrogen and oxygen atoms in total. The Labute approximate surface area is 94.7 Å². The monoisotopic (exact) mass is 220 g/mol. The topological polar surface area (TPSA) is 57.5 Å². The van der Waals surface area contributed by atoms with Gasteiger partial charge in [0.15, 0.2) is 0 Å². The molecule has 0 saturated carbocycles. The summed E-state index contributed by atoms with van der Waals surface area (Å²) in [6.45, 7) is 3.92. The fourth-order valence-corrected chi connectivity index (χ4v) is 2.66. The molecular formula is C13H16O3. The van der Waals surface area contributed by atoms with E-state index in [-0.39, 0.29) is 18.1 Å². The first-order chi connectivity index (χ1) is 7.50. The molecule has 1 aliphatic rings. The van der Waals surface area contributed by atoms with Crippen molar-refractivity contribution in [1.82, 2.24) is 0 Å². The molecule has 1 aliphatic carbocycles. The second-order valence-corrected chi connectivity index (χ2v) is 4.67. The number of carboxylic acid groups (broad SMARTS) is 1. The van der Waals surface area contributed by atoms with Gasteiger partial charge in [0.05, 0.1) is 6.42 Å². The lowest BCUT2D eigenvalue weighted by Gasteiger charge is -2.12. The maximum absolute atomic E-state index is 10.8. The maximum Gasteiger partial charge on any atom is 0.303 e. The van der Waals surface area contributed by atoms with Crippen LogP contribution in [0.3, 0.4) is 0 Å². The van der Waals surface area contributed by atoms with Crippen LogP contribution in [0.15, 0.2) is 12.1 Å². The fourth-order valence-electron chi connectivity index (χ4n) is 2.66. The summed E-state index contributed by atoms with van der Waals surface area (Å²) in [5.41, 5.74) is 2.78. The quantitative estimate of drug-likeness (QED) is 0.805. The number of aliphatic carboxylic acids is 1. The van der Waals surface area contributed by atoms with Gasteiger partial charge in [-0.1, -0.05) is 19.1 Å². The van der Waals surface area contributed by atoms with Crippen LogP contribution in [-0.4, -0.2) is 16.2 Å². The molecule has 1 aromatic carbocycles. The van der Waals surface area contributed by atoms with Crippen molar-refractivity contribution in [1.29, 1.82) is 0 Å². The molecule has 2 rings (SSSR count). The Morgan fingerprint density at radius 3 is 2.81 bits per heavy atom. The summed E-state index contributed by atoms with van der Waals surface area (Å²) in [7, 11) is 0. The zero-order chi connectivity index (χ0) is 11.9. The van der Waals surface area contributed by atoms with Crippen LogP contribution in [0.25, 0.3) is 0 Å². The van der Waals surface area contributed by atoms with Crippen molar-refractivity contribution in [2.45, 2.75) is 38.5 Å². The van der Waals surface area contributed by atoms with Crippen LogP contribution >= 0.6 is 0 Å². The van der Waals surface area contributed by atoms with Gasteiger partial charge in [-0.3, -0.25) is 4.79 Å². The van der Waals surface area contributed by atoms with Gasteiger partial charge in [0, 0.05) is 5.56 Å². The summed E-state index contributed by atoms with van der Waals surface area (Å²) in [5, 5.41) is 18.9. The van der Waals surface area contributed by atoms with Gasteiger partial charge in [-0.25, -0.2) is 0 Å². The minimum atomic E-state index is -0.800. The van der Waals surface area contributed by atoms with Gasteiger partial charge >= 0.3 is 5.97 Å². The number of aromatic hydroxyl groups is 1. The van der Waals surface area contributed by atoms with E-state index >= 15 is 0 Å². The molecule has 2 N–H and O–H groups in total. The Morgan fingerprint density at radius 2 is 2.19 bits per heavy atom. The van der Waals surface area contributed by atoms with Crippen LogP contribution < -0.4 is 0 Å². The molecule has 3 heteroatoms. The lowest BCUT2D eigenvalue weighted by Crippen LogP contribution is -2.03. The van der Waals surface area contributed by atoms with E-state index in [1.165, 1.54) is 0 Å². The maximum atomic E-state index is 10.8. The molecule has 0 spiro atoms. The average Bonchev–Trinajstić information content (AvgIpc) is 2.49. The third-order valence-electron chi connectivity index (χ3n) is 3.45. The number of carboxylic acids is 1. The summed E-state index contributed by atoms with van der Waals surface area (Å²) in [5.74, 6) is -0.215. The van der Waals surface area contributed by atoms with Crippen LogP contribution in [0.4, 0.5) is 0 Å². The molecule has 86 valence electrons. The SMILES string of the molecule is Cc1ccc2c(c1O)[C@@H](CC(=O)O)C[C@H]2C. The lowest BCUT2D eigenvalue weighted by molar-refractivity contribution is -0.137. The Balaban J connectivity index is 2.46. The van der Waals surface area contributed by atoms with Crippen molar-refractivity contribution < 1.29 is 15.0 Å². The molecule has 0 aliphatic heterocycles. The number of benzene rings is 1. The standard InChI is InChI=1S/C13H16O3/c1-7-3-4-10-8(2)5-9(6-11(14)15)12(10)13(7)16/h3-4,8-9,16H,5-6H2,1-2H3,(H,14,15)/t8-,9-/m1/s1. The van der Waals surface area contributed by atoms with E-state index in [2.05, 4.69) is 6.92 Å². The summed E-state index contributed by atoms with van der Waals surface area (Å²) in [4.78, 5) is 10.8. The highest BCUT2D eigenvalue weighted by Gasteiger charge is 2.32. The normalized spacial score (nSPS) is 23.1. The van der Waals surface area contributed by atoms with Crippen LogP contribution in [0, 0.1) is 6.92 Å². The number of fused-ring (bicyclic) bond motifs is 1. The number of phenolic OH excluding ortho intramolecular Hbond substituents is 1. The van der Waals surface area contributed by atoms with E-state index in [1.54, 1.807) is 0 Å². The van der Waals surface area contributed by atoms with Crippen molar-refractivity contribution in [2.75, 3.05) is 0 Å². The Morgan fingerprint density at radius 1 is 1.50 bits per heavy atom. The molecule has 0 aromatic heterocycles. The van der Waals surface area contributed by atoms with E-state index in [4.69, 9.17) is 5.11 Å². The van der Waals surface area contributed by atoms with Crippen molar-refractivity contribution in [3.05, 3.63) is 28.8 Å². The molecule has 0 saturated heterocycles. The third kappa shape index (κ3) is 1.66. The van der Waals surface area contributed by atoms with Crippen molar-refractivity contribution in [3.63, 3.8) is 0 Å². The van der Waals surface area contributed by atoms with Gasteiger partial charge in [-0.05, 0) is 36.3 Å². The largest absolute Gasteiger partial charge is 0.507 e. The van der Waals surface area contributed by atoms with Crippen molar-refractivity contribution >= 4 is 5.97 Å². The smallest absolute Gasteiger partial charge is 0.303 e. The number of aryl methyl sites for hydroxylation is 1. The first-order valence-corrected chi connectivity index (χ1v) is 5.55. The highest BCUT2D eigenvalue weighted by Crippen LogP contribution is 2.48. The van der Waals surface area contributed by atoms with Gasteiger partial charge in [0.2, 0.25) is 0 Å². The van der Waals surface area contributed by atoms with E-state index < -0.39 is 5.97 Å². The predicted octanol–water partition coefficient (Wildman–Crippen LogP) is 2.77. The van der Waals surface area contributed by atoms with Gasteiger partial charge in [0.25, 0.3) is 0 Å². The molecule has 0 amide bonds. The zero-order valence-electron chi connectivity index (χ0n) is 9.53. The summed E-state index contributed by atoms with van der Waals surface area (Å²) in [6, 6.07) is 3.91. The summed E-state index contributed by atoms with van der Waals surface area (Å²) in [6.07, 6.45) is 0.924. The van der Waals surface area contributed by atoms with Crippen molar-refractivity contribution in [2.24, 2.45) is 0 Å². The average molecular weight is 220 g/mol. The molecule has 1 aromatic rings. The Bertz CT molecular complexity index is 437. The predicted molar refractivity (Wildman–Crippen MR) is 60.9 cm³/mol. The van der Waals surface area contributed by atoms with E-state index in [9.17, 15) is 9.90 Å². The number of hydrogen-bond acceptors (Lipinski definition) is 2. The van der Waals surface area contributed by atoms with E-state index in [1.807, 2.05) is 19.1 Å². The first kappa shape index (κ1) is 11.0. The van der Waals surface area contributed by atoms with Gasteiger partial charge in [-0.2, -0.15) is 0 Å². The van der Waals surface area contributed by atoms with E-state index in [0.717, 1.165) is 23.1 Å². The fraction of sp³-hybridized carbons (Fsp3) is 0.462. The number of phenols is 1. The van der Waals surface area contributed by atoms with Crippen LogP contribution in [0.1, 0.15) is 48.3 Å². The number of carbonyl (C=O) groups is 1. The molecule has 16 heavy (non-hydrogen) atoms. The van der Waals surface area contributed by atoms with Gasteiger partial charge in [-0.15, -0.1) is 0 Å². The molecule has 0 fully saturated rings. The molecule has 2 atom stereocenters. The molecule has 0 unspecified atom stereocenters. The lowest BCUT2D eigenvalue weighted by atomic mass is 9.95. The van der Waals surface area contributed by atoms with Crippen molar-refractivity contribution in [3.8, 4) is 5.75 Å². The zero-order valence-corrected chi connectivity index (χ0v) is 9.53. The Hall–Kier alpha value is -1.51. The molecule has 0 radical (unpaired) electrons. The minimum absolute atomic E-state index is 0.0394. The highest BCUT2D eigenvalue weighted by atomic mass is 16.4. The molecular weight excluding hydrogens is 204 g/mol. The number of rotatable bonds is 2. The second kappa shape index (κ2) is 3.81. The highest BCUT2D eigenvalue weighted by molar-refractivity contribution is 5.69. The minimum Gasteiger partial charge on any atom is -0.507 e. The first-order valence-electron chi connectivity index (χ1n) is 5.55. The van der Waals surface area contributed by atoms with Crippen LogP contribution in [0.2, 0.25) is 0 Å². The van der Waals surface area contributed by atoms with Crippen LogP contribution in [-0.2, 0) is 4.79 Å². The summed E-state index contributed by atoms with van der Waals surface area (Å²) < 4.78 is 0. The van der Waals surface area contributed by atoms with E-state index in [0.29, 0.717) is 5.92 Å². The second-order valence-electron chi connectivity index (χ2n) is 4.67. The molecule has 0 heterocycles. The molecule has 0 bridgehead atoms. The van der Waals surface area contributed by atoms with Gasteiger partial charge in [0.1, 0.15) is 5.75 Å². The van der Waals surface area contributed by atoms with Gasteiger partial charge < -0.3 is 10.2 Å². The summed E-state index contributed by atoms with van der Waals surface area (Å²) >= 11 is 0. The van der Waals surface area contributed by atoms with Crippen LogP contribution in [0.5, 0.6) is 5.75 Å². The third-order valence-corrected chi connectivity index (χ3v) is 3.45.